The number of anilines is 1. The molecule has 1 aromatic carbocycles. The maximum absolute atomic E-state index is 5.94. The molecule has 0 aliphatic heterocycles. The van der Waals surface area contributed by atoms with Crippen LogP contribution in [0.5, 0.6) is 0 Å². The van der Waals surface area contributed by atoms with Gasteiger partial charge in [-0.3, -0.25) is 0 Å². The van der Waals surface area contributed by atoms with Crippen molar-refractivity contribution in [3.63, 3.8) is 0 Å². The molecule has 2 rings (SSSR count). The van der Waals surface area contributed by atoms with Gasteiger partial charge in [-0.2, -0.15) is 0 Å². The summed E-state index contributed by atoms with van der Waals surface area (Å²) in [5.74, 6) is 1.53. The largest absolute Gasteiger partial charge is 0.383 e. The minimum absolute atomic E-state index is 0.614. The summed E-state index contributed by atoms with van der Waals surface area (Å²) in [6.07, 6.45) is 3.53. The van der Waals surface area contributed by atoms with Gasteiger partial charge in [-0.15, -0.1) is 11.8 Å². The molecule has 2 N–H and O–H groups in total. The minimum atomic E-state index is 0.614. The molecule has 100 valence electrons. The Morgan fingerprint density at radius 1 is 1.26 bits per heavy atom. The van der Waals surface area contributed by atoms with E-state index in [4.69, 9.17) is 5.73 Å². The molecule has 0 saturated heterocycles. The lowest BCUT2D eigenvalue weighted by Crippen LogP contribution is -2.01. The first-order valence-electron chi connectivity index (χ1n) is 6.48. The Hall–Kier alpha value is -1.55. The standard InChI is InChI=1S/C15H19N3S/c1-3-5-13-14(16)17-10-18-15(13)19-9-12-7-4-6-11(2)8-12/h4,6-8,10H,3,5,9H2,1-2H3,(H2,16,17,18). The zero-order chi connectivity index (χ0) is 13.7. The number of benzene rings is 1. The number of aromatic nitrogens is 2. The van der Waals surface area contributed by atoms with E-state index >= 15 is 0 Å². The van der Waals surface area contributed by atoms with E-state index in [1.54, 1.807) is 18.1 Å². The summed E-state index contributed by atoms with van der Waals surface area (Å²) in [5, 5.41) is 1.01. The van der Waals surface area contributed by atoms with Crippen molar-refractivity contribution in [2.24, 2.45) is 0 Å². The van der Waals surface area contributed by atoms with Crippen molar-refractivity contribution < 1.29 is 0 Å². The molecule has 0 fully saturated rings. The van der Waals surface area contributed by atoms with Crippen molar-refractivity contribution in [3.05, 3.63) is 47.3 Å². The fourth-order valence-electron chi connectivity index (χ4n) is 1.97. The molecule has 0 amide bonds. The maximum atomic E-state index is 5.94. The zero-order valence-electron chi connectivity index (χ0n) is 11.4. The van der Waals surface area contributed by atoms with E-state index in [1.165, 1.54) is 11.1 Å². The lowest BCUT2D eigenvalue weighted by Gasteiger charge is -2.09. The second-order valence-electron chi connectivity index (χ2n) is 4.57. The molecule has 19 heavy (non-hydrogen) atoms. The van der Waals surface area contributed by atoms with Crippen LogP contribution in [0.3, 0.4) is 0 Å². The third kappa shape index (κ3) is 3.70. The SMILES string of the molecule is CCCc1c(N)ncnc1SCc1cccc(C)c1. The highest BCUT2D eigenvalue weighted by molar-refractivity contribution is 7.98. The normalized spacial score (nSPS) is 10.6. The van der Waals surface area contributed by atoms with Gasteiger partial charge in [-0.05, 0) is 18.9 Å². The average molecular weight is 273 g/mol. The molecular weight excluding hydrogens is 254 g/mol. The summed E-state index contributed by atoms with van der Waals surface area (Å²) >= 11 is 1.73. The van der Waals surface area contributed by atoms with Crippen LogP contribution in [0.4, 0.5) is 5.82 Å². The topological polar surface area (TPSA) is 51.8 Å². The lowest BCUT2D eigenvalue weighted by atomic mass is 10.2. The monoisotopic (exact) mass is 273 g/mol. The molecular formula is C15H19N3S. The fraction of sp³-hybridized carbons (Fsp3) is 0.333. The summed E-state index contributed by atoms with van der Waals surface area (Å²) < 4.78 is 0. The number of nitrogens with zero attached hydrogens (tertiary/aromatic N) is 2. The van der Waals surface area contributed by atoms with E-state index < -0.39 is 0 Å². The van der Waals surface area contributed by atoms with Gasteiger partial charge in [0.25, 0.3) is 0 Å². The molecule has 1 heterocycles. The number of rotatable bonds is 5. The van der Waals surface area contributed by atoms with Crippen molar-refractivity contribution >= 4 is 17.6 Å². The third-order valence-electron chi connectivity index (χ3n) is 2.90. The molecule has 0 radical (unpaired) electrons. The van der Waals surface area contributed by atoms with Gasteiger partial charge >= 0.3 is 0 Å². The maximum Gasteiger partial charge on any atom is 0.131 e. The molecule has 0 saturated carbocycles. The van der Waals surface area contributed by atoms with Crippen molar-refractivity contribution in [2.75, 3.05) is 5.73 Å². The summed E-state index contributed by atoms with van der Waals surface area (Å²) in [6.45, 7) is 4.25. The van der Waals surface area contributed by atoms with Gasteiger partial charge in [0.1, 0.15) is 17.2 Å². The number of hydrogen-bond acceptors (Lipinski definition) is 4. The lowest BCUT2D eigenvalue weighted by molar-refractivity contribution is 0.861. The molecule has 0 aliphatic rings. The number of nitrogen functional groups attached to an aromatic ring is 1. The summed E-state index contributed by atoms with van der Waals surface area (Å²) in [6, 6.07) is 8.55. The van der Waals surface area contributed by atoms with Crippen LogP contribution in [-0.2, 0) is 12.2 Å². The Labute approximate surface area is 118 Å². The number of nitrogens with two attached hydrogens (primary N) is 1. The molecule has 4 heteroatoms. The van der Waals surface area contributed by atoms with Crippen LogP contribution in [0.15, 0.2) is 35.6 Å². The Morgan fingerprint density at radius 3 is 2.84 bits per heavy atom. The van der Waals surface area contributed by atoms with E-state index in [1.807, 2.05) is 0 Å². The second-order valence-corrected chi connectivity index (χ2v) is 5.53. The van der Waals surface area contributed by atoms with Gasteiger partial charge in [0, 0.05) is 11.3 Å². The molecule has 0 unspecified atom stereocenters. The van der Waals surface area contributed by atoms with Gasteiger partial charge in [0.2, 0.25) is 0 Å². The molecule has 0 aliphatic carbocycles. The molecule has 1 aromatic heterocycles. The van der Waals surface area contributed by atoms with E-state index in [0.717, 1.165) is 29.2 Å². The Bertz CT molecular complexity index is 555. The van der Waals surface area contributed by atoms with Gasteiger partial charge in [0.05, 0.1) is 0 Å². The van der Waals surface area contributed by atoms with E-state index in [2.05, 4.69) is 48.1 Å². The Kier molecular flexibility index (Phi) is 4.80. The molecule has 0 bridgehead atoms. The Morgan fingerprint density at radius 2 is 2.11 bits per heavy atom. The van der Waals surface area contributed by atoms with Crippen LogP contribution >= 0.6 is 11.8 Å². The third-order valence-corrected chi connectivity index (χ3v) is 4.00. The molecule has 2 aromatic rings. The van der Waals surface area contributed by atoms with Gasteiger partial charge in [-0.1, -0.05) is 43.2 Å². The van der Waals surface area contributed by atoms with E-state index in [-0.39, 0.29) is 0 Å². The van der Waals surface area contributed by atoms with E-state index in [9.17, 15) is 0 Å². The highest BCUT2D eigenvalue weighted by Gasteiger charge is 2.09. The van der Waals surface area contributed by atoms with Crippen LogP contribution in [0.2, 0.25) is 0 Å². The van der Waals surface area contributed by atoms with Crippen LogP contribution < -0.4 is 5.73 Å². The Balaban J connectivity index is 2.13. The predicted octanol–water partition coefficient (Wildman–Crippen LogP) is 3.61. The number of hydrogen-bond donors (Lipinski definition) is 1. The summed E-state index contributed by atoms with van der Waals surface area (Å²) in [5.41, 5.74) is 9.62. The van der Waals surface area contributed by atoms with Crippen molar-refractivity contribution in [3.8, 4) is 0 Å². The number of thioether (sulfide) groups is 1. The van der Waals surface area contributed by atoms with Crippen LogP contribution in [-0.4, -0.2) is 9.97 Å². The highest BCUT2D eigenvalue weighted by Crippen LogP contribution is 2.27. The first-order chi connectivity index (χ1) is 9.20. The first kappa shape index (κ1) is 13.9. The van der Waals surface area contributed by atoms with Crippen LogP contribution in [0, 0.1) is 6.92 Å². The smallest absolute Gasteiger partial charge is 0.131 e. The van der Waals surface area contributed by atoms with Crippen LogP contribution in [0.1, 0.15) is 30.0 Å². The quantitative estimate of drug-likeness (QED) is 0.668. The van der Waals surface area contributed by atoms with E-state index in [0.29, 0.717) is 5.82 Å². The number of aryl methyl sites for hydroxylation is 1. The van der Waals surface area contributed by atoms with Gasteiger partial charge in [-0.25, -0.2) is 9.97 Å². The minimum Gasteiger partial charge on any atom is -0.383 e. The molecule has 0 atom stereocenters. The van der Waals surface area contributed by atoms with Gasteiger partial charge < -0.3 is 5.73 Å². The predicted molar refractivity (Wildman–Crippen MR) is 81.2 cm³/mol. The van der Waals surface area contributed by atoms with Crippen molar-refractivity contribution in [2.45, 2.75) is 37.5 Å². The van der Waals surface area contributed by atoms with Crippen molar-refractivity contribution in [1.29, 1.82) is 0 Å². The second kappa shape index (κ2) is 6.57. The molecule has 3 nitrogen and oxygen atoms in total. The van der Waals surface area contributed by atoms with Gasteiger partial charge in [0.15, 0.2) is 0 Å². The summed E-state index contributed by atoms with van der Waals surface area (Å²) in [4.78, 5) is 8.45. The van der Waals surface area contributed by atoms with Crippen molar-refractivity contribution in [1.82, 2.24) is 9.97 Å². The fourth-order valence-corrected chi connectivity index (χ4v) is 2.96. The highest BCUT2D eigenvalue weighted by atomic mass is 32.2. The summed E-state index contributed by atoms with van der Waals surface area (Å²) in [7, 11) is 0. The van der Waals surface area contributed by atoms with Crippen LogP contribution in [0.25, 0.3) is 0 Å². The average Bonchev–Trinajstić information content (AvgIpc) is 2.40. The zero-order valence-corrected chi connectivity index (χ0v) is 12.2. The first-order valence-corrected chi connectivity index (χ1v) is 7.47. The molecule has 0 spiro atoms.